The molecule has 0 radical (unpaired) electrons. The van der Waals surface area contributed by atoms with E-state index in [0.717, 1.165) is 36.2 Å². The van der Waals surface area contributed by atoms with Gasteiger partial charge in [0.1, 0.15) is 11.6 Å². The van der Waals surface area contributed by atoms with Gasteiger partial charge in [-0.15, -0.1) is 5.10 Å². The standard InChI is InChI=1S/C24H25FN4O2/c1-16-8-9-21(17(2)13-16)26-24(31)18-5-4-12-28(15-18)22-10-11-23(30)29(27-22)20-7-3-6-19(25)14-20/h3,6-11,13-14,18H,4-5,12,15H2,1-2H3,(H,26,31)/t18-/m1/s1. The van der Waals surface area contributed by atoms with Crippen molar-refractivity contribution in [3.8, 4) is 5.69 Å². The largest absolute Gasteiger partial charge is 0.354 e. The van der Waals surface area contributed by atoms with E-state index in [2.05, 4.69) is 10.4 Å². The summed E-state index contributed by atoms with van der Waals surface area (Å²) >= 11 is 0. The van der Waals surface area contributed by atoms with E-state index in [1.54, 1.807) is 18.2 Å². The molecule has 0 aliphatic carbocycles. The number of aromatic nitrogens is 2. The average molecular weight is 420 g/mol. The number of benzene rings is 2. The lowest BCUT2D eigenvalue weighted by Crippen LogP contribution is -2.41. The SMILES string of the molecule is Cc1ccc(NC(=O)[C@@H]2CCCN(c3ccc(=O)n(-c4cccc(F)c4)n3)C2)c(C)c1. The second-order valence-corrected chi connectivity index (χ2v) is 8.01. The van der Waals surface area contributed by atoms with Crippen molar-refractivity contribution in [3.63, 3.8) is 0 Å². The molecule has 1 aromatic heterocycles. The summed E-state index contributed by atoms with van der Waals surface area (Å²) < 4.78 is 14.8. The molecule has 1 fully saturated rings. The molecule has 1 aliphatic rings. The van der Waals surface area contributed by atoms with Crippen LogP contribution < -0.4 is 15.8 Å². The summed E-state index contributed by atoms with van der Waals surface area (Å²) in [5.41, 5.74) is 3.04. The Bertz CT molecular complexity index is 1170. The molecule has 6 nitrogen and oxygen atoms in total. The third kappa shape index (κ3) is 4.66. The number of halogens is 1. The predicted octanol–water partition coefficient (Wildman–Crippen LogP) is 3.84. The molecular formula is C24H25FN4O2. The Morgan fingerprint density at radius 1 is 1.13 bits per heavy atom. The Hall–Kier alpha value is -3.48. The minimum atomic E-state index is -0.433. The van der Waals surface area contributed by atoms with Crippen LogP contribution in [-0.4, -0.2) is 28.8 Å². The smallest absolute Gasteiger partial charge is 0.271 e. The van der Waals surface area contributed by atoms with Crippen LogP contribution in [0, 0.1) is 25.6 Å². The van der Waals surface area contributed by atoms with Gasteiger partial charge in [-0.2, -0.15) is 4.68 Å². The zero-order valence-electron chi connectivity index (χ0n) is 17.6. The lowest BCUT2D eigenvalue weighted by atomic mass is 9.96. The molecule has 4 rings (SSSR count). The summed E-state index contributed by atoms with van der Waals surface area (Å²) in [7, 11) is 0. The highest BCUT2D eigenvalue weighted by molar-refractivity contribution is 5.93. The molecule has 1 aliphatic heterocycles. The Morgan fingerprint density at radius 2 is 1.97 bits per heavy atom. The van der Waals surface area contributed by atoms with Crippen molar-refractivity contribution < 1.29 is 9.18 Å². The highest BCUT2D eigenvalue weighted by Gasteiger charge is 2.27. The van der Waals surface area contributed by atoms with Crippen molar-refractivity contribution in [2.24, 2.45) is 5.92 Å². The lowest BCUT2D eigenvalue weighted by molar-refractivity contribution is -0.120. The van der Waals surface area contributed by atoms with Gasteiger partial charge in [-0.3, -0.25) is 9.59 Å². The average Bonchev–Trinajstić information content (AvgIpc) is 2.76. The summed E-state index contributed by atoms with van der Waals surface area (Å²) in [5.74, 6) is -0.0495. The highest BCUT2D eigenvalue weighted by atomic mass is 19.1. The Kier molecular flexibility index (Phi) is 5.84. The summed E-state index contributed by atoms with van der Waals surface area (Å²) in [6, 6.07) is 14.8. The van der Waals surface area contributed by atoms with Gasteiger partial charge in [-0.25, -0.2) is 4.39 Å². The van der Waals surface area contributed by atoms with Crippen LogP contribution in [0.1, 0.15) is 24.0 Å². The van der Waals surface area contributed by atoms with Gasteiger partial charge in [-0.1, -0.05) is 23.8 Å². The van der Waals surface area contributed by atoms with Crippen LogP contribution in [0.25, 0.3) is 5.69 Å². The van der Waals surface area contributed by atoms with Crippen LogP contribution in [0.5, 0.6) is 0 Å². The van der Waals surface area contributed by atoms with E-state index < -0.39 is 5.82 Å². The molecule has 2 aromatic carbocycles. The van der Waals surface area contributed by atoms with Crippen molar-refractivity contribution >= 4 is 17.4 Å². The zero-order chi connectivity index (χ0) is 22.0. The first kappa shape index (κ1) is 20.8. The number of aryl methyl sites for hydroxylation is 2. The van der Waals surface area contributed by atoms with Gasteiger partial charge < -0.3 is 10.2 Å². The fraction of sp³-hybridized carbons (Fsp3) is 0.292. The molecule has 1 atom stereocenters. The molecule has 0 bridgehead atoms. The van der Waals surface area contributed by atoms with Crippen LogP contribution in [0.4, 0.5) is 15.9 Å². The van der Waals surface area contributed by atoms with Crippen molar-refractivity contribution in [2.75, 3.05) is 23.3 Å². The van der Waals surface area contributed by atoms with Crippen LogP contribution in [-0.2, 0) is 4.79 Å². The van der Waals surface area contributed by atoms with E-state index in [-0.39, 0.29) is 17.4 Å². The monoisotopic (exact) mass is 420 g/mol. The van der Waals surface area contributed by atoms with E-state index in [4.69, 9.17) is 0 Å². The Labute approximate surface area is 180 Å². The molecule has 0 unspecified atom stereocenters. The number of carbonyl (C=O) groups is 1. The quantitative estimate of drug-likeness (QED) is 0.696. The van der Waals surface area contributed by atoms with Crippen molar-refractivity contribution in [2.45, 2.75) is 26.7 Å². The van der Waals surface area contributed by atoms with Crippen molar-refractivity contribution in [1.82, 2.24) is 9.78 Å². The third-order valence-electron chi connectivity index (χ3n) is 5.59. The maximum atomic E-state index is 13.6. The Balaban J connectivity index is 1.52. The van der Waals surface area contributed by atoms with E-state index in [1.165, 1.54) is 22.9 Å². The minimum Gasteiger partial charge on any atom is -0.354 e. The molecule has 0 saturated carbocycles. The summed E-state index contributed by atoms with van der Waals surface area (Å²) in [6.07, 6.45) is 1.63. The molecule has 31 heavy (non-hydrogen) atoms. The van der Waals surface area contributed by atoms with Gasteiger partial charge in [-0.05, 0) is 62.6 Å². The summed E-state index contributed by atoms with van der Waals surface area (Å²) in [5, 5.41) is 7.49. The number of nitrogens with zero attached hydrogens (tertiary/aromatic N) is 3. The van der Waals surface area contributed by atoms with Crippen LogP contribution in [0.3, 0.4) is 0 Å². The number of carbonyl (C=O) groups excluding carboxylic acids is 1. The van der Waals surface area contributed by atoms with Gasteiger partial charge in [0.15, 0.2) is 0 Å². The summed E-state index contributed by atoms with van der Waals surface area (Å²) in [4.78, 5) is 27.2. The van der Waals surface area contributed by atoms with Gasteiger partial charge >= 0.3 is 0 Å². The fourth-order valence-electron chi connectivity index (χ4n) is 3.95. The zero-order valence-corrected chi connectivity index (χ0v) is 17.6. The van der Waals surface area contributed by atoms with Gasteiger partial charge in [0.05, 0.1) is 11.6 Å². The molecule has 160 valence electrons. The molecular weight excluding hydrogens is 395 g/mol. The lowest BCUT2D eigenvalue weighted by Gasteiger charge is -2.33. The molecule has 7 heteroatoms. The fourth-order valence-corrected chi connectivity index (χ4v) is 3.95. The number of amides is 1. The van der Waals surface area contributed by atoms with Crippen LogP contribution >= 0.6 is 0 Å². The van der Waals surface area contributed by atoms with E-state index in [0.29, 0.717) is 18.1 Å². The number of nitrogens with one attached hydrogen (secondary N) is 1. The first-order valence-electron chi connectivity index (χ1n) is 10.4. The first-order valence-corrected chi connectivity index (χ1v) is 10.4. The summed E-state index contributed by atoms with van der Waals surface area (Å²) in [6.45, 7) is 5.25. The maximum absolute atomic E-state index is 13.6. The number of rotatable bonds is 4. The van der Waals surface area contributed by atoms with Crippen molar-refractivity contribution in [1.29, 1.82) is 0 Å². The van der Waals surface area contributed by atoms with Crippen molar-refractivity contribution in [3.05, 3.63) is 81.9 Å². The topological polar surface area (TPSA) is 67.2 Å². The highest BCUT2D eigenvalue weighted by Crippen LogP contribution is 2.24. The van der Waals surface area contributed by atoms with E-state index in [1.807, 2.05) is 36.9 Å². The maximum Gasteiger partial charge on any atom is 0.271 e. The predicted molar refractivity (Wildman–Crippen MR) is 119 cm³/mol. The van der Waals surface area contributed by atoms with E-state index >= 15 is 0 Å². The van der Waals surface area contributed by atoms with Crippen LogP contribution in [0.15, 0.2) is 59.4 Å². The number of anilines is 2. The number of hydrogen-bond acceptors (Lipinski definition) is 4. The first-order chi connectivity index (χ1) is 14.9. The van der Waals surface area contributed by atoms with Crippen LogP contribution in [0.2, 0.25) is 0 Å². The second kappa shape index (κ2) is 8.71. The number of hydrogen-bond donors (Lipinski definition) is 1. The number of piperidine rings is 1. The Morgan fingerprint density at radius 3 is 2.74 bits per heavy atom. The molecule has 1 N–H and O–H groups in total. The minimum absolute atomic E-state index is 0.0184. The molecule has 0 spiro atoms. The van der Waals surface area contributed by atoms with Gasteiger partial charge in [0, 0.05) is 24.8 Å². The third-order valence-corrected chi connectivity index (χ3v) is 5.59. The van der Waals surface area contributed by atoms with E-state index in [9.17, 15) is 14.0 Å². The molecule has 1 amide bonds. The van der Waals surface area contributed by atoms with Gasteiger partial charge in [0.25, 0.3) is 5.56 Å². The molecule has 1 saturated heterocycles. The molecule has 2 heterocycles. The van der Waals surface area contributed by atoms with Gasteiger partial charge in [0.2, 0.25) is 5.91 Å². The normalized spacial score (nSPS) is 16.2. The second-order valence-electron chi connectivity index (χ2n) is 8.01. The molecule has 3 aromatic rings.